The largest absolute Gasteiger partial charge is 0.276 e. The van der Waals surface area contributed by atoms with Crippen LogP contribution in [0.15, 0.2) is 40.9 Å². The van der Waals surface area contributed by atoms with Crippen molar-refractivity contribution in [2.75, 3.05) is 0 Å². The molecule has 0 aliphatic carbocycles. The number of benzene rings is 2. The van der Waals surface area contributed by atoms with Crippen molar-refractivity contribution in [2.45, 2.75) is 0 Å². The van der Waals surface area contributed by atoms with Crippen molar-refractivity contribution >= 4 is 164 Å². The molecule has 0 heterocycles. The number of rotatable bonds is 1. The lowest BCUT2D eigenvalue weighted by molar-refractivity contribution is 0.108. The molecule has 0 fully saturated rings. The summed E-state index contributed by atoms with van der Waals surface area (Å²) in [5.41, 5.74) is 0.532. The zero-order chi connectivity index (χ0) is 19.9. The summed E-state index contributed by atoms with van der Waals surface area (Å²) in [6.07, 6.45) is 0. The third-order valence-corrected chi connectivity index (χ3v) is 25.4. The van der Waals surface area contributed by atoms with Gasteiger partial charge in [-0.15, -0.1) is 0 Å². The fourth-order valence-corrected chi connectivity index (χ4v) is 27.1. The normalized spacial score (nSPS) is 8.81. The van der Waals surface area contributed by atoms with E-state index >= 15 is 0 Å². The molecule has 0 saturated heterocycles. The van der Waals surface area contributed by atoms with Crippen LogP contribution < -0.4 is 0 Å². The van der Waals surface area contributed by atoms with E-state index in [0.717, 1.165) is 15.2 Å². The fraction of sp³-hybridized carbons (Fsp3) is 0. The molecular weight excluding hydrogens is 680 g/mol. The van der Waals surface area contributed by atoms with Crippen LogP contribution in [0.3, 0.4) is 0 Å². The summed E-state index contributed by atoms with van der Waals surface area (Å²) in [5.74, 6) is 0. The highest BCUT2D eigenvalue weighted by Crippen LogP contribution is 2.27. The van der Waals surface area contributed by atoms with Gasteiger partial charge < -0.3 is 0 Å². The van der Waals surface area contributed by atoms with Crippen molar-refractivity contribution in [3.8, 4) is 0 Å². The van der Waals surface area contributed by atoms with Crippen LogP contribution in [0.5, 0.6) is 0 Å². The van der Waals surface area contributed by atoms with Crippen molar-refractivity contribution in [3.63, 3.8) is 0 Å². The molecule has 0 aliphatic rings. The first kappa shape index (κ1) is 27.0. The van der Waals surface area contributed by atoms with Gasteiger partial charge in [0.05, 0.1) is 5.56 Å². The molecule has 0 unspecified atom stereocenters. The van der Waals surface area contributed by atoms with Crippen LogP contribution in [0.2, 0.25) is 0 Å². The minimum absolute atomic E-state index is 0.436. The quantitative estimate of drug-likeness (QED) is 0.424. The zero-order valence-electron chi connectivity index (χ0n) is 12.4. The van der Waals surface area contributed by atoms with Gasteiger partial charge in [-0.2, -0.15) is 0 Å². The van der Waals surface area contributed by atoms with Gasteiger partial charge in [-0.05, 0) is 44.4 Å². The molecule has 0 saturated carbocycles. The molecule has 2 aromatic rings. The van der Waals surface area contributed by atoms with Crippen LogP contribution in [-0.4, -0.2) is 5.24 Å². The molecule has 0 N–H and O–H groups in total. The Morgan fingerprint density at radius 1 is 0.778 bits per heavy atom. The van der Waals surface area contributed by atoms with Crippen LogP contribution >= 0.6 is 27.5 Å². The lowest BCUT2D eigenvalue weighted by Gasteiger charge is -2.04. The molecule has 148 valence electrons. The summed E-state index contributed by atoms with van der Waals surface area (Å²) < 4.78 is 0.733. The van der Waals surface area contributed by atoms with Crippen LogP contribution in [0.25, 0.3) is 10.8 Å². The lowest BCUT2D eigenvalue weighted by Crippen LogP contribution is -1.92. The lowest BCUT2D eigenvalue weighted by atomic mass is 10.1. The SMILES string of the molecule is O=C(Cl)c1c(Br)ccc2ccccc12.S=S=S=S=S=S=S=S=S=S=S=S=S. The van der Waals surface area contributed by atoms with Gasteiger partial charge in [-0.25, -0.2) is 0 Å². The average molecular weight is 686 g/mol. The maximum absolute atomic E-state index is 11.2. The highest BCUT2D eigenvalue weighted by molar-refractivity contribution is 9.10. The molecule has 16 heteroatoms. The first-order chi connectivity index (χ1) is 13.1. The molecule has 0 radical (unpaired) electrons. The Labute approximate surface area is 211 Å². The Bertz CT molecular complexity index is 1250. The second-order valence-corrected chi connectivity index (χ2v) is 24.3. The summed E-state index contributed by atoms with van der Waals surface area (Å²) in [6.45, 7) is 0. The Morgan fingerprint density at radius 2 is 1.26 bits per heavy atom. The smallest absolute Gasteiger partial charge is 0.254 e. The van der Waals surface area contributed by atoms with Gasteiger partial charge in [-0.3, -0.25) is 4.79 Å². The van der Waals surface area contributed by atoms with E-state index in [9.17, 15) is 4.79 Å². The summed E-state index contributed by atoms with van der Waals surface area (Å²) >= 11 is 18.2. The van der Waals surface area contributed by atoms with Crippen molar-refractivity contribution in [3.05, 3.63) is 46.4 Å². The summed E-state index contributed by atoms with van der Waals surface area (Å²) in [6, 6.07) is 11.4. The number of fused-ring (bicyclic) bond motifs is 1. The third-order valence-electron chi connectivity index (χ3n) is 2.35. The van der Waals surface area contributed by atoms with Crippen molar-refractivity contribution in [1.82, 2.24) is 0 Å². The van der Waals surface area contributed by atoms with E-state index in [-0.39, 0.29) is 0 Å². The monoisotopic (exact) mass is 684 g/mol. The van der Waals surface area contributed by atoms with E-state index in [1.165, 1.54) is 17.8 Å². The number of carbonyl (C=O) groups excluding carboxylic acids is 1. The highest BCUT2D eigenvalue weighted by atomic mass is 79.9. The average Bonchev–Trinajstić information content (AvgIpc) is 2.67. The summed E-state index contributed by atoms with van der Waals surface area (Å²) in [4.78, 5) is 11.2. The zero-order valence-corrected chi connectivity index (χ0v) is 25.4. The van der Waals surface area contributed by atoms with Crippen LogP contribution in [0.1, 0.15) is 10.4 Å². The maximum atomic E-state index is 11.2. The van der Waals surface area contributed by atoms with Crippen molar-refractivity contribution in [2.24, 2.45) is 0 Å². The van der Waals surface area contributed by atoms with Crippen molar-refractivity contribution in [1.29, 1.82) is 0 Å². The summed E-state index contributed by atoms with van der Waals surface area (Å²) in [5, 5.41) is 1.45. The predicted molar refractivity (Wildman–Crippen MR) is 158 cm³/mol. The van der Waals surface area contributed by atoms with Gasteiger partial charge in [0, 0.05) is 125 Å². The van der Waals surface area contributed by atoms with Gasteiger partial charge >= 0.3 is 0 Å². The maximum Gasteiger partial charge on any atom is 0.254 e. The Balaban J connectivity index is 0.000000271. The molecule has 2 aromatic carbocycles. The molecular formula is C11H6BrClOS13. The first-order valence-electron chi connectivity index (χ1n) is 6.07. The third kappa shape index (κ3) is 11.8. The van der Waals surface area contributed by atoms with E-state index in [4.69, 9.17) is 34.0 Å². The van der Waals surface area contributed by atoms with E-state index in [2.05, 4.69) is 15.9 Å². The van der Waals surface area contributed by atoms with E-state index in [1.54, 1.807) is 79.9 Å². The molecule has 0 aromatic heterocycles. The van der Waals surface area contributed by atoms with Crippen LogP contribution in [0.4, 0.5) is 0 Å². The second-order valence-electron chi connectivity index (χ2n) is 3.67. The molecule has 0 amide bonds. The van der Waals surface area contributed by atoms with E-state index in [1.807, 2.05) is 36.4 Å². The number of halogens is 2. The topological polar surface area (TPSA) is 17.1 Å². The Hall–Kier alpha value is 2.00. The highest BCUT2D eigenvalue weighted by Gasteiger charge is 2.10. The molecule has 2 rings (SSSR count). The van der Waals surface area contributed by atoms with E-state index in [0.29, 0.717) is 5.56 Å². The molecule has 0 aliphatic heterocycles. The standard InChI is InChI=1S/C11H6BrClO.S13/c12-9-6-5-7-3-1-2-4-8(7)10(9)11(13)14;1-3-5-7-9-11-13-12-10-8-6-4-2/h1-6H;. The molecule has 27 heavy (non-hydrogen) atoms. The van der Waals surface area contributed by atoms with Crippen LogP contribution in [-0.2, 0) is 120 Å². The van der Waals surface area contributed by atoms with Crippen molar-refractivity contribution < 1.29 is 4.79 Å². The Kier molecular flexibility index (Phi) is 17.7. The molecule has 0 bridgehead atoms. The second kappa shape index (κ2) is 17.7. The molecule has 0 atom stereocenters. The minimum Gasteiger partial charge on any atom is -0.276 e. The van der Waals surface area contributed by atoms with Gasteiger partial charge in [0.2, 0.25) is 0 Å². The first-order valence-corrected chi connectivity index (χ1v) is 23.2. The Morgan fingerprint density at radius 3 is 1.74 bits per heavy atom. The summed E-state index contributed by atoms with van der Waals surface area (Å²) in [7, 11) is 18.1. The number of carbonyl (C=O) groups is 1. The number of hydrogen-bond acceptors (Lipinski definition) is 3. The molecule has 1 nitrogen and oxygen atoms in total. The van der Waals surface area contributed by atoms with Gasteiger partial charge in [-0.1, -0.05) is 30.3 Å². The predicted octanol–water partition coefficient (Wildman–Crippen LogP) is 3.95. The van der Waals surface area contributed by atoms with Gasteiger partial charge in [0.1, 0.15) is 0 Å². The van der Waals surface area contributed by atoms with Crippen LogP contribution in [0, 0.1) is 0 Å². The number of hydrogen-bond donors (Lipinski definition) is 0. The molecule has 0 spiro atoms. The fourth-order valence-electron chi connectivity index (χ4n) is 1.55. The minimum atomic E-state index is -0.436. The van der Waals surface area contributed by atoms with Gasteiger partial charge in [0.25, 0.3) is 5.24 Å². The van der Waals surface area contributed by atoms with Gasteiger partial charge in [0.15, 0.2) is 0 Å². The van der Waals surface area contributed by atoms with E-state index < -0.39 is 5.24 Å².